The van der Waals surface area contributed by atoms with Gasteiger partial charge in [0.15, 0.2) is 6.10 Å². The van der Waals surface area contributed by atoms with Crippen LogP contribution in [-0.2, 0) is 9.53 Å². The SMILES string of the molecule is COc1ccc(C(=O)O[C@@H](C)C(=O)Nc2ccccc2F)c(F)c1. The standard InChI is InChI=1S/C17H15F2NO4/c1-10(16(21)20-15-6-4-3-5-13(15)18)24-17(22)12-8-7-11(23-2)9-14(12)19/h3-10H,1-2H3,(H,20,21)/t10-/m0/s1. The minimum atomic E-state index is -1.24. The highest BCUT2D eigenvalue weighted by molar-refractivity contribution is 5.97. The second-order valence-electron chi connectivity index (χ2n) is 4.86. The molecule has 0 aliphatic carbocycles. The number of hydrogen-bond acceptors (Lipinski definition) is 4. The quantitative estimate of drug-likeness (QED) is 0.853. The van der Waals surface area contributed by atoms with Gasteiger partial charge in [0.25, 0.3) is 5.91 Å². The van der Waals surface area contributed by atoms with Crippen LogP contribution >= 0.6 is 0 Å². The van der Waals surface area contributed by atoms with Gasteiger partial charge in [0, 0.05) is 6.07 Å². The van der Waals surface area contributed by atoms with E-state index in [1.54, 1.807) is 6.07 Å². The highest BCUT2D eigenvalue weighted by atomic mass is 19.1. The molecular weight excluding hydrogens is 320 g/mol. The van der Waals surface area contributed by atoms with Gasteiger partial charge in [-0.1, -0.05) is 12.1 Å². The van der Waals surface area contributed by atoms with Crippen LogP contribution in [-0.4, -0.2) is 25.1 Å². The van der Waals surface area contributed by atoms with Crippen molar-refractivity contribution < 1.29 is 27.8 Å². The number of rotatable bonds is 5. The molecule has 0 aromatic heterocycles. The molecule has 1 amide bonds. The summed E-state index contributed by atoms with van der Waals surface area (Å²) in [5, 5.41) is 2.29. The summed E-state index contributed by atoms with van der Waals surface area (Å²) in [6.07, 6.45) is -1.24. The van der Waals surface area contributed by atoms with Gasteiger partial charge in [-0.3, -0.25) is 4.79 Å². The van der Waals surface area contributed by atoms with Gasteiger partial charge in [0.2, 0.25) is 0 Å². The van der Waals surface area contributed by atoms with Crippen molar-refractivity contribution in [3.8, 4) is 5.75 Å². The minimum absolute atomic E-state index is 0.0407. The summed E-state index contributed by atoms with van der Waals surface area (Å²) in [4.78, 5) is 23.9. The van der Waals surface area contributed by atoms with Crippen LogP contribution in [0.1, 0.15) is 17.3 Å². The van der Waals surface area contributed by atoms with Crippen molar-refractivity contribution in [1.29, 1.82) is 0 Å². The van der Waals surface area contributed by atoms with Crippen LogP contribution in [0.2, 0.25) is 0 Å². The number of anilines is 1. The van der Waals surface area contributed by atoms with Gasteiger partial charge in [0.1, 0.15) is 17.4 Å². The zero-order valence-electron chi connectivity index (χ0n) is 13.0. The van der Waals surface area contributed by atoms with Crippen LogP contribution in [0.3, 0.4) is 0 Å². The van der Waals surface area contributed by atoms with Gasteiger partial charge in [-0.15, -0.1) is 0 Å². The Bertz CT molecular complexity index is 764. The number of carbonyl (C=O) groups is 2. The zero-order valence-corrected chi connectivity index (χ0v) is 13.0. The molecule has 1 atom stereocenters. The van der Waals surface area contributed by atoms with Crippen molar-refractivity contribution in [3.05, 3.63) is 59.7 Å². The molecule has 2 rings (SSSR count). The number of para-hydroxylation sites is 1. The average molecular weight is 335 g/mol. The van der Waals surface area contributed by atoms with Crippen molar-refractivity contribution in [2.45, 2.75) is 13.0 Å². The fraction of sp³-hybridized carbons (Fsp3) is 0.176. The summed E-state index contributed by atoms with van der Waals surface area (Å²) in [5.41, 5.74) is -0.373. The summed E-state index contributed by atoms with van der Waals surface area (Å²) < 4.78 is 37.0. The molecular formula is C17H15F2NO4. The molecule has 2 aromatic carbocycles. The fourth-order valence-electron chi connectivity index (χ4n) is 1.86. The summed E-state index contributed by atoms with van der Waals surface area (Å²) in [6, 6.07) is 9.18. The van der Waals surface area contributed by atoms with Crippen molar-refractivity contribution in [2.75, 3.05) is 12.4 Å². The second-order valence-corrected chi connectivity index (χ2v) is 4.86. The Labute approximate surface area is 137 Å². The highest BCUT2D eigenvalue weighted by Crippen LogP contribution is 2.18. The van der Waals surface area contributed by atoms with Crippen LogP contribution < -0.4 is 10.1 Å². The first-order valence-electron chi connectivity index (χ1n) is 7.02. The Morgan fingerprint density at radius 2 is 1.79 bits per heavy atom. The van der Waals surface area contributed by atoms with Crippen LogP contribution in [0.25, 0.3) is 0 Å². The molecule has 0 aliphatic rings. The Morgan fingerprint density at radius 1 is 1.08 bits per heavy atom. The van der Waals surface area contributed by atoms with Gasteiger partial charge in [-0.25, -0.2) is 13.6 Å². The number of amides is 1. The monoisotopic (exact) mass is 335 g/mol. The van der Waals surface area contributed by atoms with Gasteiger partial charge in [-0.05, 0) is 31.2 Å². The van der Waals surface area contributed by atoms with Gasteiger partial charge in [-0.2, -0.15) is 0 Å². The van der Waals surface area contributed by atoms with Crippen molar-refractivity contribution in [3.63, 3.8) is 0 Å². The first kappa shape index (κ1) is 17.4. The van der Waals surface area contributed by atoms with E-state index in [4.69, 9.17) is 9.47 Å². The Hall–Kier alpha value is -2.96. The lowest BCUT2D eigenvalue weighted by atomic mass is 10.2. The molecule has 0 radical (unpaired) electrons. The van der Waals surface area contributed by atoms with E-state index in [-0.39, 0.29) is 17.0 Å². The zero-order chi connectivity index (χ0) is 17.7. The molecule has 2 aromatic rings. The largest absolute Gasteiger partial charge is 0.497 e. The average Bonchev–Trinajstić information content (AvgIpc) is 2.56. The lowest BCUT2D eigenvalue weighted by Gasteiger charge is -2.14. The number of halogens is 2. The minimum Gasteiger partial charge on any atom is -0.497 e. The maximum Gasteiger partial charge on any atom is 0.341 e. The second kappa shape index (κ2) is 7.54. The smallest absolute Gasteiger partial charge is 0.341 e. The molecule has 0 bridgehead atoms. The van der Waals surface area contributed by atoms with E-state index >= 15 is 0 Å². The van der Waals surface area contributed by atoms with E-state index in [9.17, 15) is 18.4 Å². The maximum atomic E-state index is 13.8. The number of hydrogen-bond donors (Lipinski definition) is 1. The number of carbonyl (C=O) groups excluding carboxylic acids is 2. The number of esters is 1. The van der Waals surface area contributed by atoms with Crippen molar-refractivity contribution >= 4 is 17.6 Å². The number of methoxy groups -OCH3 is 1. The van der Waals surface area contributed by atoms with E-state index in [1.165, 1.54) is 44.4 Å². The summed E-state index contributed by atoms with van der Waals surface area (Å²) >= 11 is 0. The normalized spacial score (nSPS) is 11.5. The summed E-state index contributed by atoms with van der Waals surface area (Å²) in [5.74, 6) is -2.95. The lowest BCUT2D eigenvalue weighted by molar-refractivity contribution is -0.123. The van der Waals surface area contributed by atoms with E-state index in [1.807, 2.05) is 0 Å². The Kier molecular flexibility index (Phi) is 5.47. The predicted octanol–water partition coefficient (Wildman–Crippen LogP) is 3.16. The fourth-order valence-corrected chi connectivity index (χ4v) is 1.86. The molecule has 24 heavy (non-hydrogen) atoms. The van der Waals surface area contributed by atoms with Gasteiger partial charge in [0.05, 0.1) is 18.4 Å². The topological polar surface area (TPSA) is 64.6 Å². The molecule has 7 heteroatoms. The van der Waals surface area contributed by atoms with E-state index in [0.29, 0.717) is 0 Å². The molecule has 0 aliphatic heterocycles. The first-order chi connectivity index (χ1) is 11.4. The van der Waals surface area contributed by atoms with Crippen LogP contribution in [0.15, 0.2) is 42.5 Å². The first-order valence-corrected chi connectivity index (χ1v) is 7.02. The molecule has 0 fully saturated rings. The summed E-state index contributed by atoms with van der Waals surface area (Å²) in [6.45, 7) is 1.30. The molecule has 1 N–H and O–H groups in total. The predicted molar refractivity (Wildman–Crippen MR) is 82.9 cm³/mol. The molecule has 5 nitrogen and oxygen atoms in total. The van der Waals surface area contributed by atoms with Crippen LogP contribution in [0.4, 0.5) is 14.5 Å². The third kappa shape index (κ3) is 4.07. The van der Waals surface area contributed by atoms with Crippen LogP contribution in [0, 0.1) is 11.6 Å². The van der Waals surface area contributed by atoms with E-state index < -0.39 is 29.6 Å². The third-order valence-corrected chi connectivity index (χ3v) is 3.18. The molecule has 126 valence electrons. The lowest BCUT2D eigenvalue weighted by Crippen LogP contribution is -2.30. The summed E-state index contributed by atoms with van der Waals surface area (Å²) in [7, 11) is 1.36. The van der Waals surface area contributed by atoms with Crippen LogP contribution in [0.5, 0.6) is 5.75 Å². The van der Waals surface area contributed by atoms with Crippen molar-refractivity contribution in [1.82, 2.24) is 0 Å². The van der Waals surface area contributed by atoms with E-state index in [2.05, 4.69) is 5.32 Å². The number of benzene rings is 2. The van der Waals surface area contributed by atoms with E-state index in [0.717, 1.165) is 6.07 Å². The molecule has 0 heterocycles. The molecule has 0 saturated carbocycles. The highest BCUT2D eigenvalue weighted by Gasteiger charge is 2.22. The molecule has 0 unspecified atom stereocenters. The number of nitrogens with one attached hydrogen (secondary N) is 1. The Morgan fingerprint density at radius 3 is 2.42 bits per heavy atom. The van der Waals surface area contributed by atoms with Gasteiger partial charge >= 0.3 is 5.97 Å². The van der Waals surface area contributed by atoms with Crippen molar-refractivity contribution in [2.24, 2.45) is 0 Å². The third-order valence-electron chi connectivity index (χ3n) is 3.18. The number of ether oxygens (including phenoxy) is 2. The molecule has 0 spiro atoms. The van der Waals surface area contributed by atoms with Gasteiger partial charge < -0.3 is 14.8 Å². The molecule has 0 saturated heterocycles. The Balaban J connectivity index is 2.03. The maximum absolute atomic E-state index is 13.8.